The zero-order valence-corrected chi connectivity index (χ0v) is 14.6. The van der Waals surface area contributed by atoms with E-state index < -0.39 is 5.54 Å². The highest BCUT2D eigenvalue weighted by Crippen LogP contribution is 2.51. The average molecular weight is 342 g/mol. The van der Waals surface area contributed by atoms with Gasteiger partial charge in [0.1, 0.15) is 18.1 Å². The number of fused-ring (bicyclic) bond motifs is 1. The van der Waals surface area contributed by atoms with Gasteiger partial charge in [-0.3, -0.25) is 5.32 Å². The first-order valence-corrected chi connectivity index (χ1v) is 9.07. The van der Waals surface area contributed by atoms with Crippen molar-refractivity contribution in [2.75, 3.05) is 26.2 Å². The first kappa shape index (κ1) is 16.8. The van der Waals surface area contributed by atoms with Gasteiger partial charge in [0.25, 0.3) is 0 Å². The van der Waals surface area contributed by atoms with Gasteiger partial charge in [-0.2, -0.15) is 0 Å². The highest BCUT2D eigenvalue weighted by atomic mass is 16.4. The van der Waals surface area contributed by atoms with Crippen molar-refractivity contribution < 1.29 is 14.6 Å². The molecule has 4 rings (SSSR count). The number of likely N-dealkylation sites (tertiary alicyclic amines) is 1. The maximum absolute atomic E-state index is 10.4. The van der Waals surface area contributed by atoms with Gasteiger partial charge in [0.2, 0.25) is 0 Å². The number of aliphatic hydroxyl groups is 2. The molecule has 25 heavy (non-hydrogen) atoms. The van der Waals surface area contributed by atoms with E-state index in [1.165, 1.54) is 0 Å². The third kappa shape index (κ3) is 2.62. The summed E-state index contributed by atoms with van der Waals surface area (Å²) in [6, 6.07) is 14.1. The standard InChI is InChI=1S/C20H26N2O3/c1-2-22-10-16-17(11-22)20(13-24,14-6-4-3-5-7-14)21-19(16)18-9-8-15(12-23)25-18/h3-9,16-17,19,21,23-24H,2,10-13H2,1H3/t16-,17+,19+,20-/m1/s1. The summed E-state index contributed by atoms with van der Waals surface area (Å²) in [5.74, 6) is 2.11. The maximum atomic E-state index is 10.4. The second-order valence-corrected chi connectivity index (χ2v) is 7.20. The average Bonchev–Trinajstić information content (AvgIpc) is 3.36. The monoisotopic (exact) mass is 342 g/mol. The molecule has 1 aromatic carbocycles. The Hall–Kier alpha value is -1.66. The van der Waals surface area contributed by atoms with E-state index in [0.29, 0.717) is 17.6 Å². The second kappa shape index (κ2) is 6.57. The Morgan fingerprint density at radius 3 is 2.60 bits per heavy atom. The van der Waals surface area contributed by atoms with Crippen molar-refractivity contribution in [3.63, 3.8) is 0 Å². The van der Waals surface area contributed by atoms with Crippen LogP contribution in [-0.4, -0.2) is 41.4 Å². The molecule has 2 saturated heterocycles. The molecule has 3 heterocycles. The highest BCUT2D eigenvalue weighted by molar-refractivity contribution is 5.32. The molecule has 0 saturated carbocycles. The van der Waals surface area contributed by atoms with E-state index in [1.54, 1.807) is 0 Å². The number of benzene rings is 1. The molecule has 0 radical (unpaired) electrons. The van der Waals surface area contributed by atoms with Crippen molar-refractivity contribution >= 4 is 0 Å². The predicted octanol–water partition coefficient (Wildman–Crippen LogP) is 1.87. The highest BCUT2D eigenvalue weighted by Gasteiger charge is 2.58. The van der Waals surface area contributed by atoms with Crippen molar-refractivity contribution in [3.8, 4) is 0 Å². The van der Waals surface area contributed by atoms with Crippen molar-refractivity contribution in [3.05, 3.63) is 59.5 Å². The molecule has 0 amide bonds. The van der Waals surface area contributed by atoms with Crippen molar-refractivity contribution in [1.82, 2.24) is 10.2 Å². The molecule has 2 aromatic rings. The van der Waals surface area contributed by atoms with Crippen LogP contribution in [0.2, 0.25) is 0 Å². The number of hydrogen-bond donors (Lipinski definition) is 3. The SMILES string of the molecule is CCN1C[C@H]2[C@@H](c3ccc(CO)o3)N[C@](CO)(c3ccccc3)[C@H]2C1. The van der Waals surface area contributed by atoms with E-state index >= 15 is 0 Å². The minimum absolute atomic E-state index is 0.0363. The lowest BCUT2D eigenvalue weighted by Crippen LogP contribution is -2.48. The van der Waals surface area contributed by atoms with Gasteiger partial charge in [-0.05, 0) is 24.2 Å². The first-order chi connectivity index (χ1) is 12.2. The normalized spacial score (nSPS) is 32.2. The third-order valence-electron chi connectivity index (χ3n) is 6.05. The fourth-order valence-corrected chi connectivity index (χ4v) is 4.74. The Kier molecular flexibility index (Phi) is 4.41. The molecular weight excluding hydrogens is 316 g/mol. The summed E-state index contributed by atoms with van der Waals surface area (Å²) in [5.41, 5.74) is 0.661. The van der Waals surface area contributed by atoms with Crippen LogP contribution >= 0.6 is 0 Å². The summed E-state index contributed by atoms with van der Waals surface area (Å²) in [6.07, 6.45) is 0. The number of nitrogens with one attached hydrogen (secondary N) is 1. The van der Waals surface area contributed by atoms with Crippen LogP contribution < -0.4 is 5.32 Å². The van der Waals surface area contributed by atoms with Gasteiger partial charge in [0, 0.05) is 24.9 Å². The van der Waals surface area contributed by atoms with Gasteiger partial charge in [0.15, 0.2) is 0 Å². The molecular formula is C20H26N2O3. The number of furan rings is 1. The van der Waals surface area contributed by atoms with E-state index in [-0.39, 0.29) is 19.3 Å². The summed E-state index contributed by atoms with van der Waals surface area (Å²) in [7, 11) is 0. The van der Waals surface area contributed by atoms with Crippen LogP contribution in [0, 0.1) is 11.8 Å². The van der Waals surface area contributed by atoms with Gasteiger partial charge in [-0.15, -0.1) is 0 Å². The van der Waals surface area contributed by atoms with E-state index in [1.807, 2.05) is 30.3 Å². The molecule has 0 spiro atoms. The molecule has 0 aliphatic carbocycles. The van der Waals surface area contributed by atoms with Gasteiger partial charge < -0.3 is 19.5 Å². The molecule has 1 aromatic heterocycles. The molecule has 3 N–H and O–H groups in total. The Morgan fingerprint density at radius 2 is 1.96 bits per heavy atom. The topological polar surface area (TPSA) is 68.9 Å². The lowest BCUT2D eigenvalue weighted by atomic mass is 9.77. The lowest BCUT2D eigenvalue weighted by Gasteiger charge is -2.35. The third-order valence-corrected chi connectivity index (χ3v) is 6.05. The largest absolute Gasteiger partial charge is 0.462 e. The van der Waals surface area contributed by atoms with Gasteiger partial charge >= 0.3 is 0 Å². The summed E-state index contributed by atoms with van der Waals surface area (Å²) in [5, 5.41) is 23.5. The molecule has 2 aliphatic rings. The first-order valence-electron chi connectivity index (χ1n) is 9.07. The Labute approximate surface area is 148 Å². The van der Waals surface area contributed by atoms with Crippen LogP contribution in [0.3, 0.4) is 0 Å². The summed E-state index contributed by atoms with van der Waals surface area (Å²) < 4.78 is 5.85. The number of rotatable bonds is 5. The van der Waals surface area contributed by atoms with E-state index in [0.717, 1.165) is 31.0 Å². The number of nitrogens with zero attached hydrogens (tertiary/aromatic N) is 1. The molecule has 4 atom stereocenters. The number of aliphatic hydroxyl groups excluding tert-OH is 2. The Morgan fingerprint density at radius 1 is 1.16 bits per heavy atom. The van der Waals surface area contributed by atoms with Crippen LogP contribution in [0.15, 0.2) is 46.9 Å². The molecule has 2 fully saturated rings. The van der Waals surface area contributed by atoms with E-state index in [4.69, 9.17) is 4.42 Å². The minimum Gasteiger partial charge on any atom is -0.462 e. The van der Waals surface area contributed by atoms with E-state index in [2.05, 4.69) is 29.3 Å². The van der Waals surface area contributed by atoms with Crippen molar-refractivity contribution in [1.29, 1.82) is 0 Å². The zero-order valence-electron chi connectivity index (χ0n) is 14.6. The Balaban J connectivity index is 1.75. The summed E-state index contributed by atoms with van der Waals surface area (Å²) in [4.78, 5) is 2.45. The molecule has 2 aliphatic heterocycles. The molecule has 5 heteroatoms. The van der Waals surface area contributed by atoms with Crippen LogP contribution in [0.4, 0.5) is 0 Å². The second-order valence-electron chi connectivity index (χ2n) is 7.20. The molecule has 134 valence electrons. The van der Waals surface area contributed by atoms with Crippen LogP contribution in [0.5, 0.6) is 0 Å². The quantitative estimate of drug-likeness (QED) is 0.774. The smallest absolute Gasteiger partial charge is 0.129 e. The Bertz CT molecular complexity index is 717. The zero-order chi connectivity index (χ0) is 17.4. The molecule has 5 nitrogen and oxygen atoms in total. The number of hydrogen-bond acceptors (Lipinski definition) is 5. The van der Waals surface area contributed by atoms with Gasteiger partial charge in [-0.1, -0.05) is 37.3 Å². The summed E-state index contributed by atoms with van der Waals surface area (Å²) >= 11 is 0. The van der Waals surface area contributed by atoms with E-state index in [9.17, 15) is 10.2 Å². The van der Waals surface area contributed by atoms with Crippen LogP contribution in [0.1, 0.15) is 30.0 Å². The fourth-order valence-electron chi connectivity index (χ4n) is 4.74. The van der Waals surface area contributed by atoms with Gasteiger partial charge in [0.05, 0.1) is 18.2 Å². The fraction of sp³-hybridized carbons (Fsp3) is 0.500. The van der Waals surface area contributed by atoms with Gasteiger partial charge in [-0.25, -0.2) is 0 Å². The predicted molar refractivity (Wildman–Crippen MR) is 94.8 cm³/mol. The summed E-state index contributed by atoms with van der Waals surface area (Å²) in [6.45, 7) is 5.11. The van der Waals surface area contributed by atoms with Crippen molar-refractivity contribution in [2.45, 2.75) is 25.1 Å². The van der Waals surface area contributed by atoms with Crippen molar-refractivity contribution in [2.24, 2.45) is 11.8 Å². The maximum Gasteiger partial charge on any atom is 0.129 e. The lowest BCUT2D eigenvalue weighted by molar-refractivity contribution is 0.126. The minimum atomic E-state index is -0.466. The molecule has 0 bridgehead atoms. The van der Waals surface area contributed by atoms with Crippen LogP contribution in [-0.2, 0) is 12.1 Å². The molecule has 0 unspecified atom stereocenters. The van der Waals surface area contributed by atoms with Crippen LogP contribution in [0.25, 0.3) is 0 Å².